The molecule has 0 amide bonds. The summed E-state index contributed by atoms with van der Waals surface area (Å²) in [5.41, 5.74) is 7.01. The average Bonchev–Trinajstić information content (AvgIpc) is 2.27. The van der Waals surface area contributed by atoms with Gasteiger partial charge in [0.1, 0.15) is 13.2 Å². The summed E-state index contributed by atoms with van der Waals surface area (Å²) in [4.78, 5) is 2.33. The first-order valence-corrected chi connectivity index (χ1v) is 5.68. The van der Waals surface area contributed by atoms with Crippen molar-refractivity contribution in [3.8, 4) is 11.5 Å². The summed E-state index contributed by atoms with van der Waals surface area (Å²) in [6.45, 7) is 4.23. The Hall–Kier alpha value is -1.26. The van der Waals surface area contributed by atoms with Gasteiger partial charge in [0.25, 0.3) is 0 Å². The topological polar surface area (TPSA) is 47.7 Å². The monoisotopic (exact) mass is 220 g/mol. The molecule has 86 valence electrons. The number of hydrogen-bond donors (Lipinski definition) is 1. The molecule has 0 saturated carbocycles. The molecule has 2 aliphatic rings. The highest BCUT2D eigenvalue weighted by atomic mass is 16.6. The lowest BCUT2D eigenvalue weighted by Gasteiger charge is -2.36. The van der Waals surface area contributed by atoms with Gasteiger partial charge in [-0.15, -0.1) is 0 Å². The van der Waals surface area contributed by atoms with Crippen molar-refractivity contribution in [2.45, 2.75) is 12.6 Å². The van der Waals surface area contributed by atoms with Gasteiger partial charge in [-0.2, -0.15) is 0 Å². The lowest BCUT2D eigenvalue weighted by atomic mass is 10.1. The second-order valence-corrected chi connectivity index (χ2v) is 4.43. The molecule has 0 unspecified atom stereocenters. The molecule has 1 aromatic rings. The third-order valence-corrected chi connectivity index (χ3v) is 3.00. The predicted octanol–water partition coefficient (Wildman–Crippen LogP) is 0.601. The molecule has 2 N–H and O–H groups in total. The molecule has 1 fully saturated rings. The second-order valence-electron chi connectivity index (χ2n) is 4.43. The van der Waals surface area contributed by atoms with Crippen LogP contribution in [0.3, 0.4) is 0 Å². The van der Waals surface area contributed by atoms with Gasteiger partial charge in [0.2, 0.25) is 0 Å². The molecule has 0 aliphatic carbocycles. The molecule has 0 spiro atoms. The van der Waals surface area contributed by atoms with Gasteiger partial charge in [-0.3, -0.25) is 4.90 Å². The van der Waals surface area contributed by atoms with Crippen molar-refractivity contribution in [1.29, 1.82) is 0 Å². The number of nitrogens with two attached hydrogens (primary N) is 1. The van der Waals surface area contributed by atoms with Crippen molar-refractivity contribution in [2.24, 2.45) is 5.73 Å². The van der Waals surface area contributed by atoms with Crippen LogP contribution in [0.5, 0.6) is 11.5 Å². The molecule has 4 heteroatoms. The van der Waals surface area contributed by atoms with Crippen LogP contribution in [-0.4, -0.2) is 37.2 Å². The molecule has 0 radical (unpaired) electrons. The molecular formula is C12H16N2O2. The van der Waals surface area contributed by atoms with Crippen LogP contribution in [-0.2, 0) is 6.54 Å². The van der Waals surface area contributed by atoms with Gasteiger partial charge in [0, 0.05) is 25.7 Å². The molecular weight excluding hydrogens is 204 g/mol. The van der Waals surface area contributed by atoms with Gasteiger partial charge in [0.15, 0.2) is 11.5 Å². The van der Waals surface area contributed by atoms with E-state index in [2.05, 4.69) is 17.0 Å². The summed E-state index contributed by atoms with van der Waals surface area (Å²) in [7, 11) is 0. The van der Waals surface area contributed by atoms with Crippen LogP contribution in [0, 0.1) is 0 Å². The van der Waals surface area contributed by atoms with Crippen LogP contribution in [0.4, 0.5) is 0 Å². The number of likely N-dealkylation sites (tertiary alicyclic amines) is 1. The highest BCUT2D eigenvalue weighted by molar-refractivity contribution is 5.43. The maximum atomic E-state index is 5.75. The SMILES string of the molecule is NC1CN(Cc2ccc3c(c2)OCCO3)C1. The second kappa shape index (κ2) is 3.96. The molecule has 3 rings (SSSR count). The Kier molecular flexibility index (Phi) is 2.46. The molecule has 4 nitrogen and oxygen atoms in total. The van der Waals surface area contributed by atoms with Crippen LogP contribution in [0.25, 0.3) is 0 Å². The number of ether oxygens (including phenoxy) is 2. The van der Waals surface area contributed by atoms with Crippen molar-refractivity contribution in [3.05, 3.63) is 23.8 Å². The number of fused-ring (bicyclic) bond motifs is 1. The Morgan fingerprint density at radius 3 is 2.69 bits per heavy atom. The maximum Gasteiger partial charge on any atom is 0.161 e. The van der Waals surface area contributed by atoms with E-state index in [0.717, 1.165) is 31.1 Å². The van der Waals surface area contributed by atoms with Crippen molar-refractivity contribution < 1.29 is 9.47 Å². The third kappa shape index (κ3) is 1.86. The molecule has 16 heavy (non-hydrogen) atoms. The minimum absolute atomic E-state index is 0.359. The van der Waals surface area contributed by atoms with E-state index in [4.69, 9.17) is 15.2 Å². The molecule has 0 aromatic heterocycles. The van der Waals surface area contributed by atoms with Crippen molar-refractivity contribution in [2.75, 3.05) is 26.3 Å². The number of rotatable bonds is 2. The van der Waals surface area contributed by atoms with E-state index in [-0.39, 0.29) is 0 Å². The van der Waals surface area contributed by atoms with E-state index in [0.29, 0.717) is 19.3 Å². The third-order valence-electron chi connectivity index (χ3n) is 3.00. The van der Waals surface area contributed by atoms with Gasteiger partial charge >= 0.3 is 0 Å². The highest BCUT2D eigenvalue weighted by Crippen LogP contribution is 2.31. The summed E-state index contributed by atoms with van der Waals surface area (Å²) in [6, 6.07) is 6.51. The van der Waals surface area contributed by atoms with Crippen LogP contribution in [0.15, 0.2) is 18.2 Å². The van der Waals surface area contributed by atoms with E-state index in [1.807, 2.05) is 6.07 Å². The molecule has 0 atom stereocenters. The Morgan fingerprint density at radius 1 is 1.19 bits per heavy atom. The standard InChI is InChI=1S/C12H16N2O2/c13-10-7-14(8-10)6-9-1-2-11-12(5-9)16-4-3-15-11/h1-2,5,10H,3-4,6-8,13H2. The fourth-order valence-electron chi connectivity index (χ4n) is 2.18. The largest absolute Gasteiger partial charge is 0.486 e. The van der Waals surface area contributed by atoms with Crippen LogP contribution >= 0.6 is 0 Å². The number of benzene rings is 1. The Labute approximate surface area is 94.9 Å². The van der Waals surface area contributed by atoms with Crippen molar-refractivity contribution in [1.82, 2.24) is 4.90 Å². The molecule has 0 bridgehead atoms. The van der Waals surface area contributed by atoms with Crippen LogP contribution in [0.2, 0.25) is 0 Å². The van der Waals surface area contributed by atoms with E-state index >= 15 is 0 Å². The minimum atomic E-state index is 0.359. The molecule has 2 aliphatic heterocycles. The lowest BCUT2D eigenvalue weighted by Crippen LogP contribution is -2.54. The Morgan fingerprint density at radius 2 is 1.94 bits per heavy atom. The van der Waals surface area contributed by atoms with Gasteiger partial charge < -0.3 is 15.2 Å². The highest BCUT2D eigenvalue weighted by Gasteiger charge is 2.23. The van der Waals surface area contributed by atoms with E-state index in [1.165, 1.54) is 5.56 Å². The summed E-state index contributed by atoms with van der Waals surface area (Å²) in [5, 5.41) is 0. The molecule has 1 aromatic carbocycles. The number of hydrogen-bond acceptors (Lipinski definition) is 4. The first kappa shape index (κ1) is 9.93. The van der Waals surface area contributed by atoms with Crippen molar-refractivity contribution in [3.63, 3.8) is 0 Å². The predicted molar refractivity (Wildman–Crippen MR) is 60.7 cm³/mol. The van der Waals surface area contributed by atoms with Crippen molar-refractivity contribution >= 4 is 0 Å². The summed E-state index contributed by atoms with van der Waals surface area (Å²) in [5.74, 6) is 1.73. The lowest BCUT2D eigenvalue weighted by molar-refractivity contribution is 0.141. The Bertz CT molecular complexity index is 389. The minimum Gasteiger partial charge on any atom is -0.486 e. The Balaban J connectivity index is 1.71. The zero-order valence-electron chi connectivity index (χ0n) is 9.19. The van der Waals surface area contributed by atoms with Crippen LogP contribution in [0.1, 0.15) is 5.56 Å². The first-order chi connectivity index (χ1) is 7.81. The first-order valence-electron chi connectivity index (χ1n) is 5.68. The van der Waals surface area contributed by atoms with E-state index in [9.17, 15) is 0 Å². The average molecular weight is 220 g/mol. The zero-order chi connectivity index (χ0) is 11.0. The zero-order valence-corrected chi connectivity index (χ0v) is 9.19. The summed E-state index contributed by atoms with van der Waals surface area (Å²) >= 11 is 0. The van der Waals surface area contributed by atoms with Crippen LogP contribution < -0.4 is 15.2 Å². The van der Waals surface area contributed by atoms with Gasteiger partial charge in [-0.05, 0) is 17.7 Å². The smallest absolute Gasteiger partial charge is 0.161 e. The van der Waals surface area contributed by atoms with Gasteiger partial charge in [0.05, 0.1) is 0 Å². The summed E-state index contributed by atoms with van der Waals surface area (Å²) < 4.78 is 11.0. The van der Waals surface area contributed by atoms with Gasteiger partial charge in [-0.1, -0.05) is 6.07 Å². The molecule has 1 saturated heterocycles. The fourth-order valence-corrected chi connectivity index (χ4v) is 2.18. The summed E-state index contributed by atoms with van der Waals surface area (Å²) in [6.07, 6.45) is 0. The fraction of sp³-hybridized carbons (Fsp3) is 0.500. The quantitative estimate of drug-likeness (QED) is 0.793. The number of nitrogens with zero attached hydrogens (tertiary/aromatic N) is 1. The van der Waals surface area contributed by atoms with E-state index < -0.39 is 0 Å². The molecule has 2 heterocycles. The van der Waals surface area contributed by atoms with Gasteiger partial charge in [-0.25, -0.2) is 0 Å². The maximum absolute atomic E-state index is 5.75. The normalized spacial score (nSPS) is 20.6. The van der Waals surface area contributed by atoms with E-state index in [1.54, 1.807) is 0 Å².